The van der Waals surface area contributed by atoms with Crippen LogP contribution in [0.25, 0.3) is 5.69 Å². The highest BCUT2D eigenvalue weighted by Gasteiger charge is 2.22. The Labute approximate surface area is 189 Å². The van der Waals surface area contributed by atoms with Gasteiger partial charge in [-0.1, -0.05) is 6.92 Å². The number of halogens is 1. The highest BCUT2D eigenvalue weighted by molar-refractivity contribution is 5.95. The molecular weight excluding hydrogens is 433 g/mol. The summed E-state index contributed by atoms with van der Waals surface area (Å²) >= 11 is 0. The third-order valence-electron chi connectivity index (χ3n) is 4.71. The van der Waals surface area contributed by atoms with Gasteiger partial charge in [0.25, 0.3) is 11.5 Å². The number of carbonyl (C=O) groups is 1. The van der Waals surface area contributed by atoms with Crippen molar-refractivity contribution in [1.29, 1.82) is 0 Å². The summed E-state index contributed by atoms with van der Waals surface area (Å²) in [4.78, 5) is 25.1. The first-order valence-electron chi connectivity index (χ1n) is 10.0. The number of carbonyl (C=O) groups excluding carboxylic acids is 1. The number of hydrogen-bond donors (Lipinski definition) is 1. The highest BCUT2D eigenvalue weighted by atomic mass is 19.1. The summed E-state index contributed by atoms with van der Waals surface area (Å²) in [5, 5.41) is 6.91. The van der Waals surface area contributed by atoms with Crippen LogP contribution in [-0.2, 0) is 4.79 Å². The Hall–Kier alpha value is -4.08. The quantitative estimate of drug-likeness (QED) is 0.527. The minimum Gasteiger partial charge on any atom is -0.493 e. The Bertz CT molecular complexity index is 1150. The van der Waals surface area contributed by atoms with Crippen LogP contribution in [0.5, 0.6) is 23.1 Å². The van der Waals surface area contributed by atoms with E-state index >= 15 is 0 Å². The number of nitrogens with one attached hydrogen (secondary N) is 1. The number of amides is 1. The number of ether oxygens (including phenoxy) is 4. The first-order valence-corrected chi connectivity index (χ1v) is 10.0. The fourth-order valence-corrected chi connectivity index (χ4v) is 3.07. The second-order valence-electron chi connectivity index (χ2n) is 6.82. The van der Waals surface area contributed by atoms with Crippen molar-refractivity contribution in [3.63, 3.8) is 0 Å². The molecule has 2 aromatic carbocycles. The van der Waals surface area contributed by atoms with Gasteiger partial charge in [-0.2, -0.15) is 4.68 Å². The molecule has 0 unspecified atom stereocenters. The second kappa shape index (κ2) is 10.5. The van der Waals surface area contributed by atoms with E-state index in [9.17, 15) is 14.0 Å². The maximum absolute atomic E-state index is 13.2. The number of anilines is 1. The van der Waals surface area contributed by atoms with Crippen LogP contribution in [0.3, 0.4) is 0 Å². The topological polar surface area (TPSA) is 101 Å². The standard InChI is InChI=1S/C23H24FN3O6/c1-5-17(23(29)25-15-12-18(30-2)22(32-4)19(13-15)31-3)33-20-10-11-21(28)27(26-20)16-8-6-14(24)7-9-16/h6-13,17H,5H2,1-4H3,(H,25,29)/t17-/m1/s1. The third-order valence-corrected chi connectivity index (χ3v) is 4.71. The number of hydrogen-bond acceptors (Lipinski definition) is 7. The van der Waals surface area contributed by atoms with Gasteiger partial charge in [-0.3, -0.25) is 9.59 Å². The molecule has 9 nitrogen and oxygen atoms in total. The zero-order valence-electron chi connectivity index (χ0n) is 18.6. The Morgan fingerprint density at radius 1 is 1.03 bits per heavy atom. The van der Waals surface area contributed by atoms with Gasteiger partial charge in [-0.15, -0.1) is 5.10 Å². The van der Waals surface area contributed by atoms with Crippen LogP contribution < -0.4 is 29.8 Å². The van der Waals surface area contributed by atoms with Crippen LogP contribution >= 0.6 is 0 Å². The van der Waals surface area contributed by atoms with E-state index in [2.05, 4.69) is 10.4 Å². The lowest BCUT2D eigenvalue weighted by atomic mass is 10.2. The van der Waals surface area contributed by atoms with E-state index in [0.29, 0.717) is 35.0 Å². The summed E-state index contributed by atoms with van der Waals surface area (Å²) in [6.07, 6.45) is -0.580. The molecule has 0 saturated carbocycles. The molecule has 0 saturated heterocycles. The molecule has 0 bridgehead atoms. The SMILES string of the molecule is CC[C@@H](Oc1ccc(=O)n(-c2ccc(F)cc2)n1)C(=O)Nc1cc(OC)c(OC)c(OC)c1. The van der Waals surface area contributed by atoms with Gasteiger partial charge < -0.3 is 24.3 Å². The maximum Gasteiger partial charge on any atom is 0.271 e. The van der Waals surface area contributed by atoms with E-state index in [-0.39, 0.29) is 5.88 Å². The Balaban J connectivity index is 1.81. The molecule has 174 valence electrons. The van der Waals surface area contributed by atoms with E-state index in [1.165, 1.54) is 57.7 Å². The minimum atomic E-state index is -0.907. The first kappa shape index (κ1) is 23.6. The maximum atomic E-state index is 13.2. The number of benzene rings is 2. The zero-order chi connectivity index (χ0) is 24.0. The predicted molar refractivity (Wildman–Crippen MR) is 119 cm³/mol. The van der Waals surface area contributed by atoms with Gasteiger partial charge >= 0.3 is 0 Å². The summed E-state index contributed by atoms with van der Waals surface area (Å²) in [5.41, 5.74) is 0.353. The molecule has 0 radical (unpaired) electrons. The van der Waals surface area contributed by atoms with Crippen LogP contribution in [0, 0.1) is 5.82 Å². The third kappa shape index (κ3) is 5.40. The molecular formula is C23H24FN3O6. The molecule has 0 aliphatic carbocycles. The van der Waals surface area contributed by atoms with E-state index in [0.717, 1.165) is 4.68 Å². The van der Waals surface area contributed by atoms with Crippen LogP contribution in [0.1, 0.15) is 13.3 Å². The van der Waals surface area contributed by atoms with Gasteiger partial charge in [0.1, 0.15) is 5.82 Å². The van der Waals surface area contributed by atoms with E-state index in [1.807, 2.05) is 0 Å². The van der Waals surface area contributed by atoms with Crippen molar-refractivity contribution in [3.8, 4) is 28.8 Å². The molecule has 33 heavy (non-hydrogen) atoms. The summed E-state index contributed by atoms with van der Waals surface area (Å²) in [5.74, 6) is 0.351. The van der Waals surface area contributed by atoms with Crippen LogP contribution in [0.2, 0.25) is 0 Å². The van der Waals surface area contributed by atoms with Crippen LogP contribution in [0.15, 0.2) is 53.3 Å². The van der Waals surface area contributed by atoms with Gasteiger partial charge in [0.05, 0.1) is 27.0 Å². The van der Waals surface area contributed by atoms with E-state index in [1.54, 1.807) is 19.1 Å². The van der Waals surface area contributed by atoms with E-state index < -0.39 is 23.4 Å². The predicted octanol–water partition coefficient (Wildman–Crippen LogP) is 3.19. The van der Waals surface area contributed by atoms with Gasteiger partial charge in [0, 0.05) is 30.0 Å². The smallest absolute Gasteiger partial charge is 0.271 e. The normalized spacial score (nSPS) is 11.4. The average molecular weight is 457 g/mol. The van der Waals surface area contributed by atoms with Gasteiger partial charge in [0.15, 0.2) is 17.6 Å². The van der Waals surface area contributed by atoms with Crippen molar-refractivity contribution in [2.24, 2.45) is 0 Å². The first-order chi connectivity index (χ1) is 15.9. The second-order valence-corrected chi connectivity index (χ2v) is 6.82. The van der Waals surface area contributed by atoms with Crippen molar-refractivity contribution in [2.75, 3.05) is 26.6 Å². The van der Waals surface area contributed by atoms with Crippen molar-refractivity contribution in [3.05, 3.63) is 64.7 Å². The van der Waals surface area contributed by atoms with Gasteiger partial charge in [0.2, 0.25) is 11.6 Å². The van der Waals surface area contributed by atoms with Crippen molar-refractivity contribution >= 4 is 11.6 Å². The highest BCUT2D eigenvalue weighted by Crippen LogP contribution is 2.40. The van der Waals surface area contributed by atoms with Crippen molar-refractivity contribution in [1.82, 2.24) is 9.78 Å². The molecule has 3 rings (SSSR count). The molecule has 10 heteroatoms. The molecule has 0 spiro atoms. The Kier molecular flexibility index (Phi) is 7.50. The summed E-state index contributed by atoms with van der Waals surface area (Å²) in [6.45, 7) is 1.77. The monoisotopic (exact) mass is 457 g/mol. The summed E-state index contributed by atoms with van der Waals surface area (Å²) in [6, 6.07) is 11.1. The lowest BCUT2D eigenvalue weighted by Gasteiger charge is -2.18. The van der Waals surface area contributed by atoms with E-state index in [4.69, 9.17) is 18.9 Å². The zero-order valence-corrected chi connectivity index (χ0v) is 18.6. The lowest BCUT2D eigenvalue weighted by Crippen LogP contribution is -2.33. The molecule has 1 N–H and O–H groups in total. The van der Waals surface area contributed by atoms with Crippen molar-refractivity contribution in [2.45, 2.75) is 19.4 Å². The molecule has 1 atom stereocenters. The molecule has 0 aliphatic rings. The van der Waals surface area contributed by atoms with Gasteiger partial charge in [-0.05, 0) is 30.7 Å². The number of methoxy groups -OCH3 is 3. The summed E-state index contributed by atoms with van der Waals surface area (Å²) < 4.78 is 35.9. The molecule has 1 heterocycles. The minimum absolute atomic E-state index is 0.0609. The molecule has 3 aromatic rings. The average Bonchev–Trinajstić information content (AvgIpc) is 2.83. The number of nitrogens with zero attached hydrogens (tertiary/aromatic N) is 2. The largest absolute Gasteiger partial charge is 0.493 e. The van der Waals surface area contributed by atoms with Crippen LogP contribution in [-0.4, -0.2) is 43.1 Å². The fraction of sp³-hybridized carbons (Fsp3) is 0.261. The number of rotatable bonds is 9. The molecule has 0 aliphatic heterocycles. The lowest BCUT2D eigenvalue weighted by molar-refractivity contribution is -0.123. The molecule has 1 aromatic heterocycles. The van der Waals surface area contributed by atoms with Crippen molar-refractivity contribution < 1.29 is 28.1 Å². The van der Waals surface area contributed by atoms with Gasteiger partial charge in [-0.25, -0.2) is 4.39 Å². The van der Waals surface area contributed by atoms with Crippen LogP contribution in [0.4, 0.5) is 10.1 Å². The molecule has 1 amide bonds. The fourth-order valence-electron chi connectivity index (χ4n) is 3.07. The Morgan fingerprint density at radius 2 is 1.67 bits per heavy atom. The Morgan fingerprint density at radius 3 is 2.21 bits per heavy atom. The number of aromatic nitrogens is 2. The molecule has 0 fully saturated rings. The summed E-state index contributed by atoms with van der Waals surface area (Å²) in [7, 11) is 4.43.